The van der Waals surface area contributed by atoms with E-state index in [1.807, 2.05) is 11.4 Å². The number of anilines is 1. The first kappa shape index (κ1) is 13.6. The van der Waals surface area contributed by atoms with Gasteiger partial charge in [-0.05, 0) is 61.5 Å². The molecule has 94 valence electrons. The Morgan fingerprint density at radius 1 is 1.28 bits per heavy atom. The van der Waals surface area contributed by atoms with Crippen LogP contribution >= 0.6 is 43.2 Å². The van der Waals surface area contributed by atoms with Crippen molar-refractivity contribution in [2.24, 2.45) is 0 Å². The van der Waals surface area contributed by atoms with Crippen molar-refractivity contribution in [1.29, 1.82) is 0 Å². The number of nitrogen functional groups attached to an aromatic ring is 1. The minimum atomic E-state index is -0.394. The zero-order valence-corrected chi connectivity index (χ0v) is 13.1. The average Bonchev–Trinajstić information content (AvgIpc) is 2.75. The minimum absolute atomic E-state index is 0.248. The number of hydrogen-bond acceptors (Lipinski definition) is 4. The van der Waals surface area contributed by atoms with Crippen molar-refractivity contribution >= 4 is 54.9 Å². The SMILES string of the molecule is Nc1ccc(Br)c(C(=O)OCc2sccc2Br)c1. The molecule has 1 aromatic carbocycles. The fourth-order valence-corrected chi connectivity index (χ4v) is 3.12. The van der Waals surface area contributed by atoms with Crippen molar-refractivity contribution in [3.63, 3.8) is 0 Å². The summed E-state index contributed by atoms with van der Waals surface area (Å²) in [6.45, 7) is 0.248. The Labute approximate surface area is 125 Å². The zero-order chi connectivity index (χ0) is 13.1. The molecule has 0 aliphatic heterocycles. The summed E-state index contributed by atoms with van der Waals surface area (Å²) in [5.41, 5.74) is 6.61. The quantitative estimate of drug-likeness (QED) is 0.630. The number of carbonyl (C=O) groups excluding carboxylic acids is 1. The van der Waals surface area contributed by atoms with Crippen LogP contribution in [0.3, 0.4) is 0 Å². The number of carbonyl (C=O) groups is 1. The van der Waals surface area contributed by atoms with E-state index in [1.165, 1.54) is 11.3 Å². The summed E-state index contributed by atoms with van der Waals surface area (Å²) >= 11 is 8.22. The Morgan fingerprint density at radius 2 is 2.06 bits per heavy atom. The number of ether oxygens (including phenoxy) is 1. The molecule has 1 aromatic heterocycles. The van der Waals surface area contributed by atoms with Crippen LogP contribution in [0.4, 0.5) is 5.69 Å². The van der Waals surface area contributed by atoms with Crippen LogP contribution in [-0.4, -0.2) is 5.97 Å². The number of rotatable bonds is 3. The van der Waals surface area contributed by atoms with Gasteiger partial charge in [0.25, 0.3) is 0 Å². The first-order valence-electron chi connectivity index (χ1n) is 5.02. The van der Waals surface area contributed by atoms with Gasteiger partial charge in [-0.3, -0.25) is 0 Å². The highest BCUT2D eigenvalue weighted by Gasteiger charge is 2.13. The topological polar surface area (TPSA) is 52.3 Å². The average molecular weight is 391 g/mol. The summed E-state index contributed by atoms with van der Waals surface area (Å²) in [6.07, 6.45) is 0. The Bertz CT molecular complexity index is 583. The van der Waals surface area contributed by atoms with Gasteiger partial charge in [-0.1, -0.05) is 0 Å². The number of thiophene rings is 1. The van der Waals surface area contributed by atoms with Gasteiger partial charge in [0.2, 0.25) is 0 Å². The lowest BCUT2D eigenvalue weighted by Crippen LogP contribution is -2.06. The second kappa shape index (κ2) is 5.86. The molecule has 0 spiro atoms. The zero-order valence-electron chi connectivity index (χ0n) is 9.15. The molecule has 0 aliphatic carbocycles. The molecule has 0 amide bonds. The Kier molecular flexibility index (Phi) is 4.42. The third kappa shape index (κ3) is 3.13. The Morgan fingerprint density at radius 3 is 2.72 bits per heavy atom. The molecule has 2 N–H and O–H groups in total. The van der Waals surface area contributed by atoms with Gasteiger partial charge in [0.1, 0.15) is 6.61 Å². The van der Waals surface area contributed by atoms with Gasteiger partial charge >= 0.3 is 5.97 Å². The number of benzene rings is 1. The van der Waals surface area contributed by atoms with Crippen molar-refractivity contribution in [2.75, 3.05) is 5.73 Å². The van der Waals surface area contributed by atoms with Crippen molar-refractivity contribution in [1.82, 2.24) is 0 Å². The molecule has 0 saturated heterocycles. The molecule has 6 heteroatoms. The number of halogens is 2. The maximum Gasteiger partial charge on any atom is 0.339 e. The lowest BCUT2D eigenvalue weighted by Gasteiger charge is -2.06. The molecule has 0 saturated carbocycles. The lowest BCUT2D eigenvalue weighted by molar-refractivity contribution is 0.0475. The maximum atomic E-state index is 11.9. The first-order valence-corrected chi connectivity index (χ1v) is 7.48. The van der Waals surface area contributed by atoms with Crippen LogP contribution < -0.4 is 5.73 Å². The second-order valence-electron chi connectivity index (χ2n) is 3.51. The summed E-state index contributed by atoms with van der Waals surface area (Å²) in [4.78, 5) is 12.9. The summed E-state index contributed by atoms with van der Waals surface area (Å²) < 4.78 is 6.87. The van der Waals surface area contributed by atoms with Gasteiger partial charge in [-0.15, -0.1) is 11.3 Å². The van der Waals surface area contributed by atoms with E-state index in [9.17, 15) is 4.79 Å². The van der Waals surface area contributed by atoms with Gasteiger partial charge in [0, 0.05) is 14.6 Å². The summed E-state index contributed by atoms with van der Waals surface area (Å²) in [5, 5.41) is 1.93. The van der Waals surface area contributed by atoms with E-state index in [0.717, 1.165) is 9.35 Å². The van der Waals surface area contributed by atoms with E-state index in [2.05, 4.69) is 31.9 Å². The van der Waals surface area contributed by atoms with E-state index in [1.54, 1.807) is 18.2 Å². The summed E-state index contributed by atoms with van der Waals surface area (Å²) in [7, 11) is 0. The number of hydrogen-bond donors (Lipinski definition) is 1. The molecule has 0 fully saturated rings. The first-order chi connectivity index (χ1) is 8.58. The molecule has 2 aromatic rings. The van der Waals surface area contributed by atoms with Crippen LogP contribution in [-0.2, 0) is 11.3 Å². The third-order valence-electron chi connectivity index (χ3n) is 2.24. The molecule has 0 aliphatic rings. The predicted octanol–water partition coefficient (Wildman–Crippen LogP) is 4.21. The molecule has 0 radical (unpaired) electrons. The molecule has 0 atom stereocenters. The normalized spacial score (nSPS) is 10.3. The molecular formula is C12H9Br2NO2S. The van der Waals surface area contributed by atoms with Gasteiger partial charge in [-0.2, -0.15) is 0 Å². The van der Waals surface area contributed by atoms with Gasteiger partial charge < -0.3 is 10.5 Å². The molecule has 18 heavy (non-hydrogen) atoms. The fraction of sp³-hybridized carbons (Fsp3) is 0.0833. The van der Waals surface area contributed by atoms with Crippen molar-refractivity contribution in [2.45, 2.75) is 6.61 Å². The van der Waals surface area contributed by atoms with E-state index in [-0.39, 0.29) is 6.61 Å². The largest absolute Gasteiger partial charge is 0.456 e. The van der Waals surface area contributed by atoms with E-state index >= 15 is 0 Å². The number of nitrogens with two attached hydrogens (primary N) is 1. The molecule has 1 heterocycles. The van der Waals surface area contributed by atoms with Gasteiger partial charge in [0.05, 0.1) is 10.4 Å². The molecule has 3 nitrogen and oxygen atoms in total. The van der Waals surface area contributed by atoms with Gasteiger partial charge in [0.15, 0.2) is 0 Å². The maximum absolute atomic E-state index is 11.9. The standard InChI is InChI=1S/C12H9Br2NO2S/c13-9-2-1-7(15)5-8(9)12(16)17-6-11-10(14)3-4-18-11/h1-5H,6,15H2. The van der Waals surface area contributed by atoms with Crippen LogP contribution in [0.5, 0.6) is 0 Å². The van der Waals surface area contributed by atoms with Gasteiger partial charge in [-0.25, -0.2) is 4.79 Å². The minimum Gasteiger partial charge on any atom is -0.456 e. The fourth-order valence-electron chi connectivity index (χ4n) is 1.34. The smallest absolute Gasteiger partial charge is 0.339 e. The third-order valence-corrected chi connectivity index (χ3v) is 4.83. The van der Waals surface area contributed by atoms with Crippen LogP contribution in [0, 0.1) is 0 Å². The molecule has 0 bridgehead atoms. The van der Waals surface area contributed by atoms with Crippen LogP contribution in [0.25, 0.3) is 0 Å². The summed E-state index contributed by atoms with van der Waals surface area (Å²) in [6, 6.07) is 6.96. The van der Waals surface area contributed by atoms with Crippen LogP contribution in [0.1, 0.15) is 15.2 Å². The summed E-state index contributed by atoms with van der Waals surface area (Å²) in [5.74, 6) is -0.394. The van der Waals surface area contributed by atoms with Crippen molar-refractivity contribution in [3.8, 4) is 0 Å². The van der Waals surface area contributed by atoms with E-state index < -0.39 is 5.97 Å². The number of esters is 1. The monoisotopic (exact) mass is 389 g/mol. The van der Waals surface area contributed by atoms with Crippen molar-refractivity contribution in [3.05, 3.63) is 49.0 Å². The molecule has 2 rings (SSSR count). The van der Waals surface area contributed by atoms with Crippen LogP contribution in [0.15, 0.2) is 38.6 Å². The Hall–Kier alpha value is -0.850. The van der Waals surface area contributed by atoms with E-state index in [4.69, 9.17) is 10.5 Å². The highest BCUT2D eigenvalue weighted by atomic mass is 79.9. The molecule has 0 unspecified atom stereocenters. The molecular weight excluding hydrogens is 382 g/mol. The lowest BCUT2D eigenvalue weighted by atomic mass is 10.2. The van der Waals surface area contributed by atoms with Crippen molar-refractivity contribution < 1.29 is 9.53 Å². The van der Waals surface area contributed by atoms with Crippen LogP contribution in [0.2, 0.25) is 0 Å². The highest BCUT2D eigenvalue weighted by molar-refractivity contribution is 9.10. The van der Waals surface area contributed by atoms with E-state index in [0.29, 0.717) is 15.7 Å². The Balaban J connectivity index is 2.08. The predicted molar refractivity (Wildman–Crippen MR) is 79.7 cm³/mol. The second-order valence-corrected chi connectivity index (χ2v) is 6.22. The highest BCUT2D eigenvalue weighted by Crippen LogP contribution is 2.25.